The fourth-order valence-electron chi connectivity index (χ4n) is 2.73. The van der Waals surface area contributed by atoms with Crippen LogP contribution in [0.1, 0.15) is 38.4 Å². The summed E-state index contributed by atoms with van der Waals surface area (Å²) in [6, 6.07) is 3.61. The van der Waals surface area contributed by atoms with Crippen molar-refractivity contribution in [3.05, 3.63) is 53.7 Å². The van der Waals surface area contributed by atoms with Crippen molar-refractivity contribution in [3.63, 3.8) is 0 Å². The zero-order valence-corrected chi connectivity index (χ0v) is 18.8. The minimum atomic E-state index is -2.79. The molecule has 1 atom stereocenters. The van der Waals surface area contributed by atoms with Crippen LogP contribution in [0, 0.1) is 0 Å². The highest BCUT2D eigenvalue weighted by molar-refractivity contribution is 8.02. The zero-order valence-electron chi connectivity index (χ0n) is 18.0. The number of pyridine rings is 1. The second kappa shape index (κ2) is 9.54. The second-order valence-electron chi connectivity index (χ2n) is 7.77. The molecule has 31 heavy (non-hydrogen) atoms. The van der Waals surface area contributed by atoms with E-state index in [2.05, 4.69) is 37.5 Å². The summed E-state index contributed by atoms with van der Waals surface area (Å²) < 4.78 is 22.8. The van der Waals surface area contributed by atoms with Gasteiger partial charge in [0.25, 0.3) is 0 Å². The van der Waals surface area contributed by atoms with Crippen LogP contribution in [-0.2, 0) is 16.3 Å². The number of aliphatic imine (C=N–C) groups is 1. The highest BCUT2D eigenvalue weighted by Crippen LogP contribution is 2.21. The standard InChI is InChI=1S/C21H28N6O3S/c1-14(2)21-25-20(30-26-21)13-27-11-18(12-27)29-17-8-9-19(23-10-17)24-15(3)6-7-16(4)31(5,22)28/h6-10,14,18H,4-5,11-13H2,1-3H3,(H2,22,28)/b7-6-,24-15?. The Bertz CT molecular complexity index is 1080. The lowest BCUT2D eigenvalue weighted by Gasteiger charge is -2.37. The molecule has 1 unspecified atom stereocenters. The molecule has 166 valence electrons. The van der Waals surface area contributed by atoms with Gasteiger partial charge in [0, 0.05) is 29.6 Å². The van der Waals surface area contributed by atoms with Gasteiger partial charge in [-0.05, 0) is 37.1 Å². The van der Waals surface area contributed by atoms with Crippen molar-refractivity contribution in [3.8, 4) is 5.75 Å². The van der Waals surface area contributed by atoms with Crippen molar-refractivity contribution in [2.45, 2.75) is 39.3 Å². The summed E-state index contributed by atoms with van der Waals surface area (Å²) in [7, 11) is -2.79. The Kier molecular flexibility index (Phi) is 7.04. The molecular weight excluding hydrogens is 416 g/mol. The number of nitrogens with zero attached hydrogens (tertiary/aromatic N) is 5. The van der Waals surface area contributed by atoms with E-state index in [1.54, 1.807) is 31.3 Å². The molecule has 1 aliphatic rings. The van der Waals surface area contributed by atoms with Crippen molar-refractivity contribution in [1.82, 2.24) is 20.0 Å². The molecule has 10 heteroatoms. The lowest BCUT2D eigenvalue weighted by atomic mass is 10.1. The van der Waals surface area contributed by atoms with Crippen LogP contribution >= 0.6 is 0 Å². The Morgan fingerprint density at radius 1 is 1.45 bits per heavy atom. The number of likely N-dealkylation sites (tertiary alicyclic amines) is 1. The number of hydrogen-bond donors (Lipinski definition) is 1. The molecule has 0 aromatic carbocycles. The van der Waals surface area contributed by atoms with Crippen LogP contribution in [0.3, 0.4) is 0 Å². The van der Waals surface area contributed by atoms with Crippen LogP contribution < -0.4 is 9.88 Å². The molecule has 0 aliphatic carbocycles. The zero-order chi connectivity index (χ0) is 22.6. The number of ether oxygens (including phenoxy) is 1. The van der Waals surface area contributed by atoms with E-state index in [9.17, 15) is 4.21 Å². The summed E-state index contributed by atoms with van der Waals surface area (Å²) in [4.78, 5) is 15.5. The number of rotatable bonds is 9. The Labute approximate surface area is 182 Å². The van der Waals surface area contributed by atoms with E-state index in [-0.39, 0.29) is 16.9 Å². The van der Waals surface area contributed by atoms with Gasteiger partial charge in [-0.2, -0.15) is 4.98 Å². The third-order valence-corrected chi connectivity index (χ3v) is 5.58. The first-order valence-electron chi connectivity index (χ1n) is 9.85. The molecule has 1 saturated heterocycles. The van der Waals surface area contributed by atoms with Gasteiger partial charge in [-0.1, -0.05) is 25.6 Å². The molecule has 2 N–H and O–H groups in total. The van der Waals surface area contributed by atoms with Crippen molar-refractivity contribution >= 4 is 27.1 Å². The number of hydrogen-bond acceptors (Lipinski definition) is 8. The maximum absolute atomic E-state index is 11.6. The molecule has 2 aromatic rings. The van der Waals surface area contributed by atoms with E-state index in [0.717, 1.165) is 18.9 Å². The fraction of sp³-hybridized carbons (Fsp3) is 0.381. The van der Waals surface area contributed by atoms with Crippen molar-refractivity contribution in [2.24, 2.45) is 10.1 Å². The minimum absolute atomic E-state index is 0.0908. The Balaban J connectivity index is 1.47. The SMILES string of the molecule is C=C(/C=C\C(C)=Nc1ccc(OC2CN(Cc3nc(C(C)C)no3)C2)cn1)S(=C)(N)=O. The first-order chi connectivity index (χ1) is 14.6. The van der Waals surface area contributed by atoms with Crippen molar-refractivity contribution in [2.75, 3.05) is 13.1 Å². The topological polar surface area (TPSA) is 120 Å². The third-order valence-electron chi connectivity index (χ3n) is 4.55. The van der Waals surface area contributed by atoms with E-state index in [1.807, 2.05) is 19.9 Å². The van der Waals surface area contributed by atoms with E-state index >= 15 is 0 Å². The van der Waals surface area contributed by atoms with Gasteiger partial charge in [0.15, 0.2) is 11.6 Å². The number of allylic oxidation sites excluding steroid dienone is 2. The Morgan fingerprint density at radius 2 is 2.19 bits per heavy atom. The molecule has 1 fully saturated rings. The summed E-state index contributed by atoms with van der Waals surface area (Å²) in [6.07, 6.45) is 4.95. The molecule has 3 rings (SSSR count). The predicted octanol–water partition coefficient (Wildman–Crippen LogP) is 2.60. The maximum atomic E-state index is 11.6. The van der Waals surface area contributed by atoms with Gasteiger partial charge in [-0.3, -0.25) is 10.0 Å². The molecule has 3 heterocycles. The Hall–Kier alpha value is -2.82. The highest BCUT2D eigenvalue weighted by Gasteiger charge is 2.30. The lowest BCUT2D eigenvalue weighted by Crippen LogP contribution is -2.53. The number of aromatic nitrogens is 3. The maximum Gasteiger partial charge on any atom is 0.240 e. The lowest BCUT2D eigenvalue weighted by molar-refractivity contribution is 0.00844. The molecule has 2 aromatic heterocycles. The van der Waals surface area contributed by atoms with Gasteiger partial charge in [0.05, 0.1) is 22.4 Å². The van der Waals surface area contributed by atoms with Crippen LogP contribution in [0.2, 0.25) is 0 Å². The molecule has 0 radical (unpaired) electrons. The van der Waals surface area contributed by atoms with Gasteiger partial charge in [0.1, 0.15) is 11.9 Å². The van der Waals surface area contributed by atoms with E-state index in [4.69, 9.17) is 14.4 Å². The first-order valence-corrected chi connectivity index (χ1v) is 11.6. The molecule has 0 spiro atoms. The third kappa shape index (κ3) is 6.58. The van der Waals surface area contributed by atoms with Crippen LogP contribution in [0.15, 0.2) is 51.5 Å². The fourth-order valence-corrected chi connectivity index (χ4v) is 3.03. The first kappa shape index (κ1) is 22.9. The van der Waals surface area contributed by atoms with Crippen LogP contribution in [0.5, 0.6) is 5.75 Å². The molecule has 0 saturated carbocycles. The van der Waals surface area contributed by atoms with E-state index in [1.165, 1.54) is 0 Å². The monoisotopic (exact) mass is 444 g/mol. The number of nitrogens with two attached hydrogens (primary N) is 1. The summed E-state index contributed by atoms with van der Waals surface area (Å²) in [5, 5.41) is 9.42. The average molecular weight is 445 g/mol. The van der Waals surface area contributed by atoms with Crippen molar-refractivity contribution < 1.29 is 13.5 Å². The highest BCUT2D eigenvalue weighted by atomic mass is 32.2. The van der Waals surface area contributed by atoms with Gasteiger partial charge in [0.2, 0.25) is 5.89 Å². The van der Waals surface area contributed by atoms with E-state index in [0.29, 0.717) is 29.7 Å². The quantitative estimate of drug-likeness (QED) is 0.358. The van der Waals surface area contributed by atoms with Crippen LogP contribution in [0.25, 0.3) is 0 Å². The summed E-state index contributed by atoms with van der Waals surface area (Å²) >= 11 is 0. The second-order valence-corrected chi connectivity index (χ2v) is 9.74. The average Bonchev–Trinajstić information content (AvgIpc) is 3.14. The molecule has 0 amide bonds. The Morgan fingerprint density at radius 3 is 2.77 bits per heavy atom. The van der Waals surface area contributed by atoms with Gasteiger partial charge >= 0.3 is 0 Å². The van der Waals surface area contributed by atoms with Gasteiger partial charge in [-0.15, -0.1) is 0 Å². The molecule has 9 nitrogen and oxygen atoms in total. The van der Waals surface area contributed by atoms with Crippen molar-refractivity contribution in [1.29, 1.82) is 0 Å². The summed E-state index contributed by atoms with van der Waals surface area (Å²) in [5.41, 5.74) is 0.669. The summed E-state index contributed by atoms with van der Waals surface area (Å²) in [6.45, 7) is 11.7. The summed E-state index contributed by atoms with van der Waals surface area (Å²) in [5.74, 6) is 6.22. The molecule has 1 aliphatic heterocycles. The minimum Gasteiger partial charge on any atom is -0.486 e. The van der Waals surface area contributed by atoms with Crippen LogP contribution in [-0.4, -0.2) is 55.0 Å². The molecular formula is C21H28N6O3S. The normalized spacial score (nSPS) is 17.6. The smallest absolute Gasteiger partial charge is 0.240 e. The van der Waals surface area contributed by atoms with Gasteiger partial charge in [-0.25, -0.2) is 14.2 Å². The predicted molar refractivity (Wildman–Crippen MR) is 123 cm³/mol. The van der Waals surface area contributed by atoms with E-state index < -0.39 is 9.71 Å². The van der Waals surface area contributed by atoms with Crippen LogP contribution in [0.4, 0.5) is 5.82 Å². The molecule has 0 bridgehead atoms. The largest absolute Gasteiger partial charge is 0.486 e. The van der Waals surface area contributed by atoms with Gasteiger partial charge < -0.3 is 9.26 Å².